The molecule has 0 radical (unpaired) electrons. The van der Waals surface area contributed by atoms with Gasteiger partial charge in [0, 0.05) is 19.6 Å². The van der Waals surface area contributed by atoms with Gasteiger partial charge in [-0.2, -0.15) is 0 Å². The van der Waals surface area contributed by atoms with Gasteiger partial charge in [0.15, 0.2) is 0 Å². The second kappa shape index (κ2) is 8.64. The lowest BCUT2D eigenvalue weighted by Gasteiger charge is -2.28. The highest BCUT2D eigenvalue weighted by molar-refractivity contribution is 5.81. The van der Waals surface area contributed by atoms with Gasteiger partial charge in [0.1, 0.15) is 6.10 Å². The van der Waals surface area contributed by atoms with Gasteiger partial charge in [0.2, 0.25) is 0 Å². The van der Waals surface area contributed by atoms with Crippen molar-refractivity contribution in [3.63, 3.8) is 0 Å². The first-order valence-corrected chi connectivity index (χ1v) is 5.42. The van der Waals surface area contributed by atoms with E-state index in [0.717, 1.165) is 6.54 Å². The van der Waals surface area contributed by atoms with Crippen LogP contribution in [-0.4, -0.2) is 61.9 Å². The largest absolute Gasteiger partial charge is 0.395 e. The summed E-state index contributed by atoms with van der Waals surface area (Å²) in [6, 6.07) is 0. The molecule has 1 fully saturated rings. The van der Waals surface area contributed by atoms with E-state index in [1.165, 1.54) is 0 Å². The molecule has 0 saturated carbocycles. The number of hydrogen-bond acceptors (Lipinski definition) is 4. The van der Waals surface area contributed by atoms with Gasteiger partial charge in [0.05, 0.1) is 13.2 Å². The lowest BCUT2D eigenvalue weighted by molar-refractivity contribution is -0.137. The Hall–Kier alpha value is -0.650. The van der Waals surface area contributed by atoms with Crippen LogP contribution in [0.15, 0.2) is 0 Å². The first-order valence-electron chi connectivity index (χ1n) is 5.42. The predicted molar refractivity (Wildman–Crippen MR) is 58.7 cm³/mol. The summed E-state index contributed by atoms with van der Waals surface area (Å²) in [7, 11) is 1.95. The molecule has 0 spiro atoms. The molecule has 1 rings (SSSR count). The average Bonchev–Trinajstić information content (AvgIpc) is 2.28. The molecule has 90 valence electrons. The Balaban J connectivity index is 0.000000921. The quantitative estimate of drug-likeness (QED) is 0.667. The minimum absolute atomic E-state index is 0.0334. The van der Waals surface area contributed by atoms with E-state index in [1.807, 2.05) is 25.8 Å². The second-order valence-electron chi connectivity index (χ2n) is 3.14. The first kappa shape index (κ1) is 14.3. The Morgan fingerprint density at radius 1 is 1.60 bits per heavy atom. The van der Waals surface area contributed by atoms with Crippen LogP contribution in [-0.2, 0) is 9.53 Å². The van der Waals surface area contributed by atoms with Crippen molar-refractivity contribution in [3.05, 3.63) is 0 Å². The Morgan fingerprint density at radius 3 is 2.80 bits per heavy atom. The molecule has 0 bridgehead atoms. The van der Waals surface area contributed by atoms with Gasteiger partial charge < -0.3 is 20.1 Å². The molecular formula is C10H22N2O3. The van der Waals surface area contributed by atoms with E-state index in [1.54, 1.807) is 0 Å². The Bertz CT molecular complexity index is 176. The van der Waals surface area contributed by atoms with Crippen LogP contribution in [0.2, 0.25) is 0 Å². The van der Waals surface area contributed by atoms with Gasteiger partial charge in [-0.05, 0) is 7.05 Å². The van der Waals surface area contributed by atoms with Crippen LogP contribution >= 0.6 is 0 Å². The van der Waals surface area contributed by atoms with Crippen LogP contribution in [0.1, 0.15) is 13.8 Å². The van der Waals surface area contributed by atoms with Crippen molar-refractivity contribution in [1.82, 2.24) is 10.2 Å². The van der Waals surface area contributed by atoms with E-state index in [0.29, 0.717) is 19.7 Å². The minimum atomic E-state index is -0.384. The van der Waals surface area contributed by atoms with Crippen molar-refractivity contribution < 1.29 is 14.6 Å². The number of aliphatic hydroxyl groups is 1. The van der Waals surface area contributed by atoms with Crippen molar-refractivity contribution in [3.8, 4) is 0 Å². The Labute approximate surface area is 91.4 Å². The number of carbonyl (C=O) groups excluding carboxylic acids is 1. The van der Waals surface area contributed by atoms with Crippen LogP contribution in [0.3, 0.4) is 0 Å². The molecule has 1 saturated heterocycles. The second-order valence-corrected chi connectivity index (χ2v) is 3.14. The number of aliphatic hydroxyl groups excluding tert-OH is 1. The molecule has 2 N–H and O–H groups in total. The van der Waals surface area contributed by atoms with Gasteiger partial charge in [-0.3, -0.25) is 4.79 Å². The number of nitrogens with zero attached hydrogens (tertiary/aromatic N) is 1. The summed E-state index contributed by atoms with van der Waals surface area (Å²) in [4.78, 5) is 13.4. The van der Waals surface area contributed by atoms with E-state index in [2.05, 4.69) is 5.32 Å². The third-order valence-corrected chi connectivity index (χ3v) is 1.97. The molecule has 15 heavy (non-hydrogen) atoms. The molecule has 0 aromatic carbocycles. The summed E-state index contributed by atoms with van der Waals surface area (Å²) >= 11 is 0. The Morgan fingerprint density at radius 2 is 2.27 bits per heavy atom. The maximum atomic E-state index is 11.3. The zero-order valence-electron chi connectivity index (χ0n) is 9.82. The molecule has 0 aliphatic carbocycles. The van der Waals surface area contributed by atoms with Crippen LogP contribution < -0.4 is 5.32 Å². The Kier molecular flexibility index (Phi) is 8.27. The predicted octanol–water partition coefficient (Wildman–Crippen LogP) is -0.548. The SMILES string of the molecule is CC.CN1CCOC(C(=O)NCCO)C1. The fourth-order valence-electron chi connectivity index (χ4n) is 1.23. The highest BCUT2D eigenvalue weighted by Crippen LogP contribution is 2.02. The van der Waals surface area contributed by atoms with Gasteiger partial charge in [-0.15, -0.1) is 0 Å². The summed E-state index contributed by atoms with van der Waals surface area (Å²) in [5.74, 6) is -0.138. The highest BCUT2D eigenvalue weighted by atomic mass is 16.5. The van der Waals surface area contributed by atoms with Gasteiger partial charge >= 0.3 is 0 Å². The van der Waals surface area contributed by atoms with Gasteiger partial charge in [-0.25, -0.2) is 0 Å². The van der Waals surface area contributed by atoms with E-state index >= 15 is 0 Å². The van der Waals surface area contributed by atoms with Crippen molar-refractivity contribution in [2.45, 2.75) is 20.0 Å². The van der Waals surface area contributed by atoms with E-state index in [4.69, 9.17) is 9.84 Å². The third kappa shape index (κ3) is 5.71. The number of nitrogens with one attached hydrogen (secondary N) is 1. The normalized spacial score (nSPS) is 21.5. The summed E-state index contributed by atoms with van der Waals surface area (Å²) in [5, 5.41) is 11.1. The molecule has 0 aromatic heterocycles. The van der Waals surface area contributed by atoms with E-state index in [9.17, 15) is 4.79 Å². The van der Waals surface area contributed by atoms with Crippen molar-refractivity contribution in [1.29, 1.82) is 0 Å². The number of hydrogen-bond donors (Lipinski definition) is 2. The molecule has 1 aliphatic heterocycles. The standard InChI is InChI=1S/C8H16N2O3.C2H6/c1-10-3-5-13-7(6-10)8(12)9-2-4-11;1-2/h7,11H,2-6H2,1H3,(H,9,12);1-2H3. The molecule has 5 nitrogen and oxygen atoms in total. The monoisotopic (exact) mass is 218 g/mol. The summed E-state index contributed by atoms with van der Waals surface area (Å²) in [6.45, 7) is 6.34. The van der Waals surface area contributed by atoms with Crippen molar-refractivity contribution >= 4 is 5.91 Å². The minimum Gasteiger partial charge on any atom is -0.395 e. The van der Waals surface area contributed by atoms with Crippen LogP contribution in [0.5, 0.6) is 0 Å². The highest BCUT2D eigenvalue weighted by Gasteiger charge is 2.23. The molecule has 0 aromatic rings. The number of likely N-dealkylation sites (N-methyl/N-ethyl adjacent to an activating group) is 1. The first-order chi connectivity index (χ1) is 7.24. The molecule has 1 unspecified atom stereocenters. The van der Waals surface area contributed by atoms with Gasteiger partial charge in [-0.1, -0.05) is 13.8 Å². The smallest absolute Gasteiger partial charge is 0.250 e. The third-order valence-electron chi connectivity index (χ3n) is 1.97. The molecule has 1 atom stereocenters. The molecule has 1 amide bonds. The molecule has 5 heteroatoms. The number of rotatable bonds is 3. The average molecular weight is 218 g/mol. The number of carbonyl (C=O) groups is 1. The lowest BCUT2D eigenvalue weighted by atomic mass is 10.2. The summed E-state index contributed by atoms with van der Waals surface area (Å²) in [6.07, 6.45) is -0.384. The van der Waals surface area contributed by atoms with Gasteiger partial charge in [0.25, 0.3) is 5.91 Å². The maximum Gasteiger partial charge on any atom is 0.250 e. The maximum absolute atomic E-state index is 11.3. The van der Waals surface area contributed by atoms with E-state index < -0.39 is 0 Å². The summed E-state index contributed by atoms with van der Waals surface area (Å²) in [5.41, 5.74) is 0. The van der Waals surface area contributed by atoms with Crippen molar-refractivity contribution in [2.24, 2.45) is 0 Å². The van der Waals surface area contributed by atoms with Crippen LogP contribution in [0.25, 0.3) is 0 Å². The number of ether oxygens (including phenoxy) is 1. The van der Waals surface area contributed by atoms with Crippen LogP contribution in [0, 0.1) is 0 Å². The molecule has 1 aliphatic rings. The lowest BCUT2D eigenvalue weighted by Crippen LogP contribution is -2.48. The number of amides is 1. The zero-order chi connectivity index (χ0) is 11.7. The van der Waals surface area contributed by atoms with Crippen LogP contribution in [0.4, 0.5) is 0 Å². The molecular weight excluding hydrogens is 196 g/mol. The fraction of sp³-hybridized carbons (Fsp3) is 0.900. The number of morpholine rings is 1. The topological polar surface area (TPSA) is 61.8 Å². The fourth-order valence-corrected chi connectivity index (χ4v) is 1.23. The summed E-state index contributed by atoms with van der Waals surface area (Å²) < 4.78 is 5.27. The van der Waals surface area contributed by atoms with E-state index in [-0.39, 0.29) is 18.6 Å². The zero-order valence-corrected chi connectivity index (χ0v) is 9.82. The van der Waals surface area contributed by atoms with Crippen molar-refractivity contribution in [2.75, 3.05) is 39.9 Å². The molecule has 1 heterocycles.